The molecule has 2 aromatic carbocycles. The summed E-state index contributed by atoms with van der Waals surface area (Å²) < 4.78 is 11.0. The molecule has 1 fully saturated rings. The first-order valence-electron chi connectivity index (χ1n) is 11.1. The molecule has 0 radical (unpaired) electrons. The minimum atomic E-state index is -0.488. The minimum Gasteiger partial charge on any atom is -0.497 e. The fraction of sp³-hybridized carbons (Fsp3) is 0.292. The molecule has 188 valence electrons. The number of benzene rings is 2. The molecule has 3 aromatic rings. The lowest BCUT2D eigenvalue weighted by atomic mass is 10.1. The molecular weight excluding hydrogens is 502 g/mol. The van der Waals surface area contributed by atoms with E-state index < -0.39 is 5.92 Å². The number of nitrogens with zero attached hydrogens (tertiary/aromatic N) is 3. The molecular formula is C24H25N5O5S2. The lowest BCUT2D eigenvalue weighted by molar-refractivity contribution is -0.122. The fourth-order valence-electron chi connectivity index (χ4n) is 3.61. The zero-order chi connectivity index (χ0) is 25.5. The van der Waals surface area contributed by atoms with Gasteiger partial charge < -0.3 is 25.0 Å². The van der Waals surface area contributed by atoms with Gasteiger partial charge in [0.15, 0.2) is 4.34 Å². The molecule has 1 aliphatic heterocycles. The van der Waals surface area contributed by atoms with Gasteiger partial charge in [0, 0.05) is 30.8 Å². The molecule has 1 saturated heterocycles. The molecule has 12 heteroatoms. The number of ether oxygens (including phenoxy) is 2. The van der Waals surface area contributed by atoms with Gasteiger partial charge in [-0.05, 0) is 36.4 Å². The normalized spacial score (nSPS) is 15.0. The second kappa shape index (κ2) is 11.9. The van der Waals surface area contributed by atoms with Crippen LogP contribution >= 0.6 is 23.1 Å². The maximum atomic E-state index is 12.7. The summed E-state index contributed by atoms with van der Waals surface area (Å²) in [6, 6.07) is 14.3. The van der Waals surface area contributed by atoms with Gasteiger partial charge in [0.1, 0.15) is 11.5 Å². The molecule has 4 rings (SSSR count). The standard InChI is InChI=1S/C24H25N5O5S2/c1-33-17-9-7-16(8-10-17)29-14-15(13-21(29)31)22(32)26-23-27-28-24(36-23)35-12-11-20(30)25-18-5-3-4-6-19(18)34-2/h3-10,15H,11-14H2,1-2H3,(H,25,30)(H,26,27,32). The average molecular weight is 528 g/mol. The number of para-hydroxylation sites is 2. The van der Waals surface area contributed by atoms with Crippen molar-refractivity contribution in [3.8, 4) is 11.5 Å². The van der Waals surface area contributed by atoms with E-state index in [9.17, 15) is 14.4 Å². The van der Waals surface area contributed by atoms with Crippen LogP contribution in [0.25, 0.3) is 0 Å². The number of hydrogen-bond acceptors (Lipinski definition) is 9. The first-order valence-corrected chi connectivity index (χ1v) is 12.9. The van der Waals surface area contributed by atoms with Crippen LogP contribution < -0.4 is 25.0 Å². The maximum absolute atomic E-state index is 12.7. The van der Waals surface area contributed by atoms with Crippen LogP contribution in [-0.2, 0) is 14.4 Å². The Morgan fingerprint density at radius 1 is 1.08 bits per heavy atom. The quantitative estimate of drug-likeness (QED) is 0.303. The molecule has 0 saturated carbocycles. The van der Waals surface area contributed by atoms with Crippen molar-refractivity contribution in [1.29, 1.82) is 0 Å². The third-order valence-electron chi connectivity index (χ3n) is 5.45. The lowest BCUT2D eigenvalue weighted by Gasteiger charge is -2.16. The van der Waals surface area contributed by atoms with Crippen molar-refractivity contribution in [2.45, 2.75) is 17.2 Å². The van der Waals surface area contributed by atoms with Crippen LogP contribution in [0, 0.1) is 5.92 Å². The lowest BCUT2D eigenvalue weighted by Crippen LogP contribution is -2.28. The number of carbonyl (C=O) groups excluding carboxylic acids is 3. The van der Waals surface area contributed by atoms with Gasteiger partial charge in [-0.25, -0.2) is 0 Å². The number of nitrogens with one attached hydrogen (secondary N) is 2. The van der Waals surface area contributed by atoms with Crippen LogP contribution in [0.2, 0.25) is 0 Å². The monoisotopic (exact) mass is 527 g/mol. The number of amides is 3. The molecule has 36 heavy (non-hydrogen) atoms. The van der Waals surface area contributed by atoms with Crippen molar-refractivity contribution < 1.29 is 23.9 Å². The van der Waals surface area contributed by atoms with Crippen LogP contribution in [0.15, 0.2) is 52.9 Å². The van der Waals surface area contributed by atoms with Crippen molar-refractivity contribution in [2.75, 3.05) is 42.1 Å². The highest BCUT2D eigenvalue weighted by Gasteiger charge is 2.35. The smallest absolute Gasteiger partial charge is 0.231 e. The zero-order valence-corrected chi connectivity index (χ0v) is 21.4. The highest BCUT2D eigenvalue weighted by Crippen LogP contribution is 2.30. The number of carbonyl (C=O) groups is 3. The van der Waals surface area contributed by atoms with E-state index in [1.54, 1.807) is 55.5 Å². The summed E-state index contributed by atoms with van der Waals surface area (Å²) in [6.45, 7) is 0.290. The highest BCUT2D eigenvalue weighted by atomic mass is 32.2. The maximum Gasteiger partial charge on any atom is 0.231 e. The van der Waals surface area contributed by atoms with Gasteiger partial charge in [0.05, 0.1) is 25.8 Å². The van der Waals surface area contributed by atoms with Crippen LogP contribution in [0.3, 0.4) is 0 Å². The number of thioether (sulfide) groups is 1. The summed E-state index contributed by atoms with van der Waals surface area (Å²) in [6.07, 6.45) is 0.398. The first-order chi connectivity index (χ1) is 17.5. The number of hydrogen-bond donors (Lipinski definition) is 2. The van der Waals surface area contributed by atoms with Crippen molar-refractivity contribution in [3.63, 3.8) is 0 Å². The Hall–Kier alpha value is -3.64. The van der Waals surface area contributed by atoms with E-state index in [4.69, 9.17) is 9.47 Å². The molecule has 1 aromatic heterocycles. The van der Waals surface area contributed by atoms with E-state index in [1.165, 1.54) is 23.1 Å². The summed E-state index contributed by atoms with van der Waals surface area (Å²) in [4.78, 5) is 39.1. The van der Waals surface area contributed by atoms with Crippen molar-refractivity contribution in [3.05, 3.63) is 48.5 Å². The Balaban J connectivity index is 1.24. The van der Waals surface area contributed by atoms with Crippen LogP contribution in [0.5, 0.6) is 11.5 Å². The first kappa shape index (κ1) is 25.5. The molecule has 1 aliphatic rings. The summed E-state index contributed by atoms with van der Waals surface area (Å²) in [5.41, 5.74) is 1.34. The van der Waals surface area contributed by atoms with Gasteiger partial charge >= 0.3 is 0 Å². The van der Waals surface area contributed by atoms with Gasteiger partial charge in [-0.15, -0.1) is 10.2 Å². The molecule has 0 spiro atoms. The SMILES string of the molecule is COc1ccc(N2CC(C(=O)Nc3nnc(SCCC(=O)Nc4ccccc4OC)s3)CC2=O)cc1. The van der Waals surface area contributed by atoms with Gasteiger partial charge in [-0.1, -0.05) is 35.2 Å². The summed E-state index contributed by atoms with van der Waals surface area (Å²) in [5.74, 6) is 0.775. The molecule has 0 bridgehead atoms. The molecule has 10 nitrogen and oxygen atoms in total. The molecule has 1 unspecified atom stereocenters. The third-order valence-corrected chi connectivity index (χ3v) is 7.43. The molecule has 2 N–H and O–H groups in total. The molecule has 1 atom stereocenters. The van der Waals surface area contributed by atoms with Gasteiger partial charge in [0.2, 0.25) is 22.9 Å². The number of methoxy groups -OCH3 is 2. The summed E-state index contributed by atoms with van der Waals surface area (Å²) >= 11 is 2.61. The number of rotatable bonds is 10. The van der Waals surface area contributed by atoms with E-state index in [1.807, 2.05) is 12.1 Å². The van der Waals surface area contributed by atoms with Crippen LogP contribution in [-0.4, -0.2) is 54.4 Å². The highest BCUT2D eigenvalue weighted by molar-refractivity contribution is 8.01. The van der Waals surface area contributed by atoms with Crippen LogP contribution in [0.4, 0.5) is 16.5 Å². The second-order valence-electron chi connectivity index (χ2n) is 7.81. The van der Waals surface area contributed by atoms with Gasteiger partial charge in [-0.2, -0.15) is 0 Å². The number of anilines is 3. The van der Waals surface area contributed by atoms with Crippen LogP contribution in [0.1, 0.15) is 12.8 Å². The van der Waals surface area contributed by atoms with E-state index >= 15 is 0 Å². The Labute approximate surface area is 216 Å². The molecule has 0 aliphatic carbocycles. The summed E-state index contributed by atoms with van der Waals surface area (Å²) in [5, 5.41) is 14.0. The second-order valence-corrected chi connectivity index (χ2v) is 10.1. The van der Waals surface area contributed by atoms with E-state index in [2.05, 4.69) is 20.8 Å². The minimum absolute atomic E-state index is 0.111. The Morgan fingerprint density at radius 3 is 2.61 bits per heavy atom. The number of aromatic nitrogens is 2. The Morgan fingerprint density at radius 2 is 1.86 bits per heavy atom. The van der Waals surface area contributed by atoms with E-state index in [0.29, 0.717) is 39.0 Å². The predicted molar refractivity (Wildman–Crippen MR) is 139 cm³/mol. The summed E-state index contributed by atoms with van der Waals surface area (Å²) in [7, 11) is 3.13. The topological polar surface area (TPSA) is 123 Å². The average Bonchev–Trinajstić information content (AvgIpc) is 3.50. The Bertz CT molecular complexity index is 1230. The largest absolute Gasteiger partial charge is 0.497 e. The van der Waals surface area contributed by atoms with Crippen molar-refractivity contribution in [2.24, 2.45) is 5.92 Å². The zero-order valence-electron chi connectivity index (χ0n) is 19.7. The van der Waals surface area contributed by atoms with Gasteiger partial charge in [-0.3, -0.25) is 14.4 Å². The third kappa shape index (κ3) is 6.32. The van der Waals surface area contributed by atoms with E-state index in [-0.39, 0.29) is 30.6 Å². The molecule has 3 amide bonds. The van der Waals surface area contributed by atoms with Crippen molar-refractivity contribution >= 4 is 57.3 Å². The van der Waals surface area contributed by atoms with E-state index in [0.717, 1.165) is 5.69 Å². The predicted octanol–water partition coefficient (Wildman–Crippen LogP) is 3.67. The van der Waals surface area contributed by atoms with Gasteiger partial charge in [0.25, 0.3) is 0 Å². The molecule has 2 heterocycles. The van der Waals surface area contributed by atoms with Crippen molar-refractivity contribution in [1.82, 2.24) is 10.2 Å². The fourth-order valence-corrected chi connectivity index (χ4v) is 5.38. The Kier molecular flexibility index (Phi) is 8.39.